The number of aromatic amines is 1. The van der Waals surface area contributed by atoms with Gasteiger partial charge in [-0.3, -0.25) is 19.7 Å². The Morgan fingerprint density at radius 2 is 1.79 bits per heavy atom. The minimum Gasteiger partial charge on any atom is -0.341 e. The zero-order valence-corrected chi connectivity index (χ0v) is 17.2. The molecule has 0 atom stereocenters. The molecule has 0 amide bonds. The van der Waals surface area contributed by atoms with Crippen LogP contribution in [0.2, 0.25) is 5.02 Å². The number of benzene rings is 2. The van der Waals surface area contributed by atoms with E-state index in [4.69, 9.17) is 11.6 Å². The molecular weight excluding hydrogens is 394 g/mol. The lowest BCUT2D eigenvalue weighted by molar-refractivity contribution is -0.383. The number of rotatable bonds is 4. The van der Waals surface area contributed by atoms with Crippen LogP contribution >= 0.6 is 11.6 Å². The molecule has 29 heavy (non-hydrogen) atoms. The Balaban J connectivity index is 2.21. The second-order valence-corrected chi connectivity index (χ2v) is 8.25. The summed E-state index contributed by atoms with van der Waals surface area (Å²) in [4.78, 5) is 38.8. The summed E-state index contributed by atoms with van der Waals surface area (Å²) in [5.41, 5.74) is 0.646. The highest BCUT2D eigenvalue weighted by atomic mass is 35.5. The number of hydrogen-bond acceptors (Lipinski definition) is 5. The zero-order chi connectivity index (χ0) is 21.5. The number of fused-ring (bicyclic) bond motifs is 1. The van der Waals surface area contributed by atoms with Gasteiger partial charge in [0.25, 0.3) is 5.69 Å². The molecule has 2 aromatic carbocycles. The lowest BCUT2D eigenvalue weighted by Crippen LogP contribution is -2.18. The number of carbonyl (C=O) groups is 1. The Labute approximate surface area is 171 Å². The van der Waals surface area contributed by atoms with Gasteiger partial charge in [0.15, 0.2) is 5.78 Å². The summed E-state index contributed by atoms with van der Waals surface area (Å²) in [6.45, 7) is 7.54. The van der Waals surface area contributed by atoms with Crippen molar-refractivity contribution in [3.05, 3.63) is 72.9 Å². The number of carbonyl (C=O) groups excluding carboxylic acids is 1. The van der Waals surface area contributed by atoms with Crippen LogP contribution in [-0.4, -0.2) is 15.7 Å². The molecule has 0 fully saturated rings. The Hall–Kier alpha value is -3.19. The van der Waals surface area contributed by atoms with Crippen LogP contribution in [0.4, 0.5) is 17.2 Å². The van der Waals surface area contributed by atoms with Crippen molar-refractivity contribution in [2.24, 2.45) is 0 Å². The fourth-order valence-corrected chi connectivity index (χ4v) is 3.32. The highest BCUT2D eigenvalue weighted by Gasteiger charge is 2.22. The van der Waals surface area contributed by atoms with Crippen LogP contribution < -0.4 is 10.7 Å². The molecule has 0 aliphatic carbocycles. The molecular formula is C21H20ClN3O4. The van der Waals surface area contributed by atoms with E-state index in [9.17, 15) is 19.7 Å². The van der Waals surface area contributed by atoms with Crippen molar-refractivity contribution in [1.29, 1.82) is 0 Å². The number of nitro groups is 1. The molecule has 0 spiro atoms. The SMILES string of the molecule is CC(=O)c1c(Nc2ccc(C(C)(C)C)cc2)[nH]c2c([N+](=O)[O-])cc(Cl)cc2c1=O. The third-order valence-electron chi connectivity index (χ3n) is 4.62. The van der Waals surface area contributed by atoms with Crippen LogP contribution in [0.5, 0.6) is 0 Å². The molecule has 8 heteroatoms. The minimum atomic E-state index is -0.625. The largest absolute Gasteiger partial charge is 0.341 e. The van der Waals surface area contributed by atoms with Crippen LogP contribution in [0.25, 0.3) is 10.9 Å². The predicted molar refractivity (Wildman–Crippen MR) is 115 cm³/mol. The van der Waals surface area contributed by atoms with Gasteiger partial charge in [0.2, 0.25) is 5.43 Å². The highest BCUT2D eigenvalue weighted by Crippen LogP contribution is 2.30. The Morgan fingerprint density at radius 3 is 2.31 bits per heavy atom. The van der Waals surface area contributed by atoms with Crippen molar-refractivity contribution < 1.29 is 9.72 Å². The topological polar surface area (TPSA) is 105 Å². The normalized spacial score (nSPS) is 11.5. The standard InChI is InChI=1S/C21H20ClN3O4/c1-11(26)17-19(27)15-9-13(22)10-16(25(28)29)18(15)24-20(17)23-14-7-5-12(6-8-14)21(2,3)4/h5-10H,1-4H3,(H2,23,24,27). The molecule has 1 heterocycles. The van der Waals surface area contributed by atoms with E-state index in [1.165, 1.54) is 13.0 Å². The molecule has 0 bridgehead atoms. The Bertz CT molecular complexity index is 1190. The van der Waals surface area contributed by atoms with E-state index in [-0.39, 0.29) is 38.4 Å². The smallest absolute Gasteiger partial charge is 0.294 e. The summed E-state index contributed by atoms with van der Waals surface area (Å²) >= 11 is 5.94. The fourth-order valence-electron chi connectivity index (χ4n) is 3.11. The maximum absolute atomic E-state index is 12.9. The van der Waals surface area contributed by atoms with Crippen LogP contribution in [0, 0.1) is 10.1 Å². The van der Waals surface area contributed by atoms with E-state index >= 15 is 0 Å². The lowest BCUT2D eigenvalue weighted by Gasteiger charge is -2.19. The number of H-pyrrole nitrogens is 1. The highest BCUT2D eigenvalue weighted by molar-refractivity contribution is 6.31. The number of nitrogens with one attached hydrogen (secondary N) is 2. The van der Waals surface area contributed by atoms with Gasteiger partial charge >= 0.3 is 0 Å². The van der Waals surface area contributed by atoms with E-state index in [1.807, 2.05) is 24.3 Å². The third kappa shape index (κ3) is 4.00. The van der Waals surface area contributed by atoms with Crippen molar-refractivity contribution in [1.82, 2.24) is 4.98 Å². The van der Waals surface area contributed by atoms with Gasteiger partial charge in [0.1, 0.15) is 16.9 Å². The van der Waals surface area contributed by atoms with Gasteiger partial charge in [0.05, 0.1) is 10.3 Å². The Kier molecular flexibility index (Phi) is 5.19. The fraction of sp³-hybridized carbons (Fsp3) is 0.238. The first-order valence-corrected chi connectivity index (χ1v) is 9.29. The number of nitro benzene ring substituents is 1. The Morgan fingerprint density at radius 1 is 1.17 bits per heavy atom. The van der Waals surface area contributed by atoms with E-state index in [0.29, 0.717) is 5.69 Å². The molecule has 2 N–H and O–H groups in total. The summed E-state index contributed by atoms with van der Waals surface area (Å²) in [6, 6.07) is 10.0. The third-order valence-corrected chi connectivity index (χ3v) is 4.84. The number of non-ortho nitro benzene ring substituents is 1. The predicted octanol–water partition coefficient (Wildman–Crippen LogP) is 5.33. The minimum absolute atomic E-state index is 0.00297. The van der Waals surface area contributed by atoms with Gasteiger partial charge in [-0.25, -0.2) is 0 Å². The van der Waals surface area contributed by atoms with Crippen molar-refractivity contribution in [3.8, 4) is 0 Å². The molecule has 150 valence electrons. The molecule has 3 rings (SSSR count). The number of ketones is 1. The second kappa shape index (κ2) is 7.33. The van der Waals surface area contributed by atoms with Crippen molar-refractivity contribution in [3.63, 3.8) is 0 Å². The number of nitrogens with zero attached hydrogens (tertiary/aromatic N) is 1. The van der Waals surface area contributed by atoms with Gasteiger partial charge in [-0.15, -0.1) is 0 Å². The van der Waals surface area contributed by atoms with E-state index < -0.39 is 16.1 Å². The van der Waals surface area contributed by atoms with Gasteiger partial charge in [-0.1, -0.05) is 44.5 Å². The zero-order valence-electron chi connectivity index (χ0n) is 16.4. The maximum Gasteiger partial charge on any atom is 0.294 e. The number of pyridine rings is 1. The summed E-state index contributed by atoms with van der Waals surface area (Å²) < 4.78 is 0. The first-order valence-electron chi connectivity index (χ1n) is 8.91. The number of halogens is 1. The lowest BCUT2D eigenvalue weighted by atomic mass is 9.87. The van der Waals surface area contributed by atoms with E-state index in [0.717, 1.165) is 11.6 Å². The average Bonchev–Trinajstić information content (AvgIpc) is 2.61. The first-order chi connectivity index (χ1) is 13.5. The number of Topliss-reactive ketones (excluding diaryl/α,β-unsaturated/α-hetero) is 1. The van der Waals surface area contributed by atoms with Gasteiger partial charge in [-0.2, -0.15) is 0 Å². The molecule has 0 aliphatic heterocycles. The van der Waals surface area contributed by atoms with Crippen LogP contribution in [0.3, 0.4) is 0 Å². The van der Waals surface area contributed by atoms with Gasteiger partial charge < -0.3 is 10.3 Å². The van der Waals surface area contributed by atoms with Crippen LogP contribution in [0.15, 0.2) is 41.2 Å². The van der Waals surface area contributed by atoms with Crippen LogP contribution in [0.1, 0.15) is 43.6 Å². The van der Waals surface area contributed by atoms with Crippen molar-refractivity contribution in [2.45, 2.75) is 33.1 Å². The number of aromatic nitrogens is 1. The molecule has 0 saturated carbocycles. The maximum atomic E-state index is 12.9. The summed E-state index contributed by atoms with van der Waals surface area (Å²) in [7, 11) is 0. The number of hydrogen-bond donors (Lipinski definition) is 2. The average molecular weight is 414 g/mol. The summed E-state index contributed by atoms with van der Waals surface area (Å²) in [5.74, 6) is -0.367. The van der Waals surface area contributed by atoms with E-state index in [2.05, 4.69) is 31.1 Å². The number of anilines is 2. The molecule has 1 aromatic heterocycles. The molecule has 0 aliphatic rings. The van der Waals surface area contributed by atoms with Gasteiger partial charge in [0, 0.05) is 16.8 Å². The molecule has 3 aromatic rings. The molecule has 0 saturated heterocycles. The quantitative estimate of drug-likeness (QED) is 0.341. The summed E-state index contributed by atoms with van der Waals surface area (Å²) in [5, 5.41) is 14.5. The molecule has 0 radical (unpaired) electrons. The van der Waals surface area contributed by atoms with E-state index in [1.54, 1.807) is 0 Å². The second-order valence-electron chi connectivity index (χ2n) is 7.82. The van der Waals surface area contributed by atoms with Crippen LogP contribution in [-0.2, 0) is 5.41 Å². The molecule has 0 unspecified atom stereocenters. The van der Waals surface area contributed by atoms with Crippen molar-refractivity contribution >= 4 is 45.5 Å². The van der Waals surface area contributed by atoms with Crippen molar-refractivity contribution in [2.75, 3.05) is 5.32 Å². The first kappa shape index (κ1) is 20.5. The summed E-state index contributed by atoms with van der Waals surface area (Å²) in [6.07, 6.45) is 0. The van der Waals surface area contributed by atoms with Gasteiger partial charge in [-0.05, 0) is 36.1 Å². The monoisotopic (exact) mass is 413 g/mol. The molecule has 7 nitrogen and oxygen atoms in total.